The molecule has 0 N–H and O–H groups in total. The van der Waals surface area contributed by atoms with Crippen molar-refractivity contribution in [1.29, 1.82) is 0 Å². The van der Waals surface area contributed by atoms with Crippen LogP contribution in [0.2, 0.25) is 0 Å². The van der Waals surface area contributed by atoms with Gasteiger partial charge in [-0.2, -0.15) is 0 Å². The number of nitrogens with zero attached hydrogens (tertiary/aromatic N) is 3. The highest BCUT2D eigenvalue weighted by Crippen LogP contribution is 2.30. The average molecular weight is 267 g/mol. The zero-order valence-corrected chi connectivity index (χ0v) is 11.5. The maximum atomic E-state index is 5.64. The Balaban J connectivity index is 1.75. The summed E-state index contributed by atoms with van der Waals surface area (Å²) in [6.07, 6.45) is 5.17. The van der Waals surface area contributed by atoms with Gasteiger partial charge in [0.15, 0.2) is 0 Å². The number of hydrogen-bond donors (Lipinski definition) is 0. The third-order valence-electron chi connectivity index (χ3n) is 4.32. The summed E-state index contributed by atoms with van der Waals surface area (Å²) < 4.78 is 5.64. The lowest BCUT2D eigenvalue weighted by molar-refractivity contribution is -0.0222. The summed E-state index contributed by atoms with van der Waals surface area (Å²) in [5.41, 5.74) is 4.23. The fourth-order valence-electron chi connectivity index (χ4n) is 3.06. The topological polar surface area (TPSA) is 38.2 Å². The lowest BCUT2D eigenvalue weighted by atomic mass is 9.93. The van der Waals surface area contributed by atoms with Gasteiger partial charge in [-0.05, 0) is 31.2 Å². The molecule has 1 saturated heterocycles. The van der Waals surface area contributed by atoms with Crippen LogP contribution in [-0.2, 0) is 4.74 Å². The van der Waals surface area contributed by atoms with Crippen LogP contribution in [0.3, 0.4) is 0 Å². The molecule has 0 amide bonds. The quantitative estimate of drug-likeness (QED) is 0.793. The molecule has 0 saturated carbocycles. The number of hydrogen-bond acceptors (Lipinski definition) is 4. The maximum Gasteiger partial charge on any atom is 0.0894 e. The Labute approximate surface area is 118 Å². The molecule has 2 bridgehead atoms. The van der Waals surface area contributed by atoms with E-state index in [0.29, 0.717) is 12.1 Å². The minimum Gasteiger partial charge on any atom is -0.378 e. The molecule has 4 heteroatoms. The molecule has 20 heavy (non-hydrogen) atoms. The Morgan fingerprint density at radius 1 is 1.20 bits per heavy atom. The lowest BCUT2D eigenvalue weighted by Gasteiger charge is -2.42. The van der Waals surface area contributed by atoms with Crippen molar-refractivity contribution in [3.05, 3.63) is 42.2 Å². The van der Waals surface area contributed by atoms with E-state index < -0.39 is 0 Å². The second-order valence-corrected chi connectivity index (χ2v) is 5.56. The van der Waals surface area contributed by atoms with Gasteiger partial charge in [0, 0.05) is 6.04 Å². The Morgan fingerprint density at radius 2 is 2.05 bits per heavy atom. The third kappa shape index (κ3) is 1.92. The standard InChI is InChI=1S/C16H17N3O/c1-19-12-6-11(7-13(19)10-20-9-12)16-8-17-14-4-2-3-5-15(14)18-16/h2-6,8,12-13H,7,9-10H2,1H3. The van der Waals surface area contributed by atoms with Crippen molar-refractivity contribution < 1.29 is 4.74 Å². The minimum absolute atomic E-state index is 0.366. The molecule has 102 valence electrons. The number of para-hydroxylation sites is 2. The van der Waals surface area contributed by atoms with E-state index in [2.05, 4.69) is 23.0 Å². The Morgan fingerprint density at radius 3 is 2.90 bits per heavy atom. The van der Waals surface area contributed by atoms with Crippen LogP contribution in [0.5, 0.6) is 0 Å². The molecule has 2 unspecified atom stereocenters. The van der Waals surface area contributed by atoms with Crippen molar-refractivity contribution in [2.75, 3.05) is 20.3 Å². The molecule has 3 heterocycles. The SMILES string of the molecule is CN1C2C=C(c3cnc4ccccc4n3)CC1COC2. The number of aromatic nitrogens is 2. The van der Waals surface area contributed by atoms with Crippen LogP contribution < -0.4 is 0 Å². The van der Waals surface area contributed by atoms with Crippen molar-refractivity contribution >= 4 is 16.6 Å². The zero-order valence-electron chi connectivity index (χ0n) is 11.5. The maximum absolute atomic E-state index is 5.64. The fraction of sp³-hybridized carbons (Fsp3) is 0.375. The molecule has 2 atom stereocenters. The zero-order chi connectivity index (χ0) is 13.5. The lowest BCUT2D eigenvalue weighted by Crippen LogP contribution is -2.51. The number of rotatable bonds is 1. The summed E-state index contributed by atoms with van der Waals surface area (Å²) >= 11 is 0. The summed E-state index contributed by atoms with van der Waals surface area (Å²) in [6, 6.07) is 8.84. The summed E-state index contributed by atoms with van der Waals surface area (Å²) in [5, 5.41) is 0. The first-order valence-corrected chi connectivity index (χ1v) is 7.04. The number of ether oxygens (including phenoxy) is 1. The molecule has 0 spiro atoms. The molecular formula is C16H17N3O. The second-order valence-electron chi connectivity index (χ2n) is 5.56. The van der Waals surface area contributed by atoms with Crippen LogP contribution in [-0.4, -0.2) is 47.2 Å². The van der Waals surface area contributed by atoms with Crippen molar-refractivity contribution in [1.82, 2.24) is 14.9 Å². The van der Waals surface area contributed by atoms with Gasteiger partial charge in [-0.1, -0.05) is 18.2 Å². The van der Waals surface area contributed by atoms with Crippen LogP contribution in [0, 0.1) is 0 Å². The van der Waals surface area contributed by atoms with Gasteiger partial charge in [0.05, 0.1) is 42.2 Å². The summed E-state index contributed by atoms with van der Waals surface area (Å²) in [6.45, 7) is 1.59. The van der Waals surface area contributed by atoms with Crippen LogP contribution in [0.15, 0.2) is 36.5 Å². The molecule has 2 aliphatic rings. The normalized spacial score (nSPS) is 26.6. The average Bonchev–Trinajstić information content (AvgIpc) is 2.46. The van der Waals surface area contributed by atoms with Gasteiger partial charge < -0.3 is 4.74 Å². The van der Waals surface area contributed by atoms with Gasteiger partial charge >= 0.3 is 0 Å². The Hall–Kier alpha value is -1.78. The van der Waals surface area contributed by atoms with Crippen LogP contribution in [0.1, 0.15) is 12.1 Å². The van der Waals surface area contributed by atoms with Crippen LogP contribution >= 0.6 is 0 Å². The van der Waals surface area contributed by atoms with Gasteiger partial charge in [0.25, 0.3) is 0 Å². The molecule has 2 aliphatic heterocycles. The first kappa shape index (κ1) is 12.0. The molecule has 0 aliphatic carbocycles. The van der Waals surface area contributed by atoms with Gasteiger partial charge in [0.2, 0.25) is 0 Å². The molecule has 4 rings (SSSR count). The third-order valence-corrected chi connectivity index (χ3v) is 4.32. The largest absolute Gasteiger partial charge is 0.378 e. The van der Waals surface area contributed by atoms with Crippen LogP contribution in [0.4, 0.5) is 0 Å². The van der Waals surface area contributed by atoms with Crippen molar-refractivity contribution in [2.24, 2.45) is 0 Å². The molecular weight excluding hydrogens is 250 g/mol. The number of benzene rings is 1. The van der Waals surface area contributed by atoms with Crippen LogP contribution in [0.25, 0.3) is 16.6 Å². The van der Waals surface area contributed by atoms with E-state index in [1.165, 1.54) is 5.57 Å². The van der Waals surface area contributed by atoms with Crippen molar-refractivity contribution in [3.63, 3.8) is 0 Å². The van der Waals surface area contributed by atoms with E-state index >= 15 is 0 Å². The van der Waals surface area contributed by atoms with Crippen molar-refractivity contribution in [2.45, 2.75) is 18.5 Å². The smallest absolute Gasteiger partial charge is 0.0894 e. The fourth-order valence-corrected chi connectivity index (χ4v) is 3.06. The summed E-state index contributed by atoms with van der Waals surface area (Å²) in [7, 11) is 2.18. The Bertz CT molecular complexity index is 682. The van der Waals surface area contributed by atoms with E-state index in [1.807, 2.05) is 30.5 Å². The number of morpholine rings is 1. The molecule has 1 aromatic carbocycles. The van der Waals surface area contributed by atoms with Gasteiger partial charge in [-0.25, -0.2) is 4.98 Å². The van der Waals surface area contributed by atoms with Crippen molar-refractivity contribution in [3.8, 4) is 0 Å². The summed E-state index contributed by atoms with van der Waals surface area (Å²) in [5.74, 6) is 0. The minimum atomic E-state index is 0.366. The predicted octanol–water partition coefficient (Wildman–Crippen LogP) is 2.12. The summed E-state index contributed by atoms with van der Waals surface area (Å²) in [4.78, 5) is 11.7. The van der Waals surface area contributed by atoms with E-state index in [9.17, 15) is 0 Å². The van der Waals surface area contributed by atoms with E-state index in [4.69, 9.17) is 9.72 Å². The second kappa shape index (κ2) is 4.65. The van der Waals surface area contributed by atoms with E-state index in [1.54, 1.807) is 0 Å². The first-order chi connectivity index (χ1) is 9.81. The molecule has 2 aromatic rings. The Kier molecular flexibility index (Phi) is 2.79. The number of likely N-dealkylation sites (N-methyl/N-ethyl adjacent to an activating group) is 1. The monoisotopic (exact) mass is 267 g/mol. The highest BCUT2D eigenvalue weighted by molar-refractivity contribution is 5.76. The van der Waals surface area contributed by atoms with Gasteiger partial charge in [-0.15, -0.1) is 0 Å². The molecule has 1 fully saturated rings. The van der Waals surface area contributed by atoms with E-state index in [-0.39, 0.29) is 0 Å². The predicted molar refractivity (Wildman–Crippen MR) is 78.3 cm³/mol. The highest BCUT2D eigenvalue weighted by Gasteiger charge is 2.32. The van der Waals surface area contributed by atoms with Gasteiger partial charge in [0.1, 0.15) is 0 Å². The van der Waals surface area contributed by atoms with Gasteiger partial charge in [-0.3, -0.25) is 9.88 Å². The van der Waals surface area contributed by atoms with E-state index in [0.717, 1.165) is 36.4 Å². The molecule has 0 radical (unpaired) electrons. The first-order valence-electron chi connectivity index (χ1n) is 7.04. The molecule has 1 aromatic heterocycles. The highest BCUT2D eigenvalue weighted by atomic mass is 16.5. The molecule has 4 nitrogen and oxygen atoms in total. The number of fused-ring (bicyclic) bond motifs is 3.